The number of aromatic nitrogens is 3. The lowest BCUT2D eigenvalue weighted by Gasteiger charge is -2.25. The Morgan fingerprint density at radius 2 is 2.00 bits per heavy atom. The minimum atomic E-state index is -0.613. The van der Waals surface area contributed by atoms with Crippen LogP contribution in [-0.2, 0) is 16.6 Å². The van der Waals surface area contributed by atoms with Gasteiger partial charge in [0.15, 0.2) is 4.80 Å². The van der Waals surface area contributed by atoms with Crippen LogP contribution in [0.3, 0.4) is 0 Å². The highest BCUT2D eigenvalue weighted by molar-refractivity contribution is 7.07. The standard InChI is InChI=1S/C23H25N5O3S/c1-6-31-22(30)19-14(2)25-23-28(20(19)16-7-9-17(10-8-16)26(3)4)21(29)18(32-23)11-15-12-24-27(5)13-15/h7-13,20H,6H2,1-5H3/b18-11-/t20-/m0/s1. The number of anilines is 1. The number of hydrogen-bond acceptors (Lipinski definition) is 7. The number of nitrogens with zero attached hydrogens (tertiary/aromatic N) is 5. The Kier molecular flexibility index (Phi) is 5.84. The van der Waals surface area contributed by atoms with E-state index < -0.39 is 12.0 Å². The lowest BCUT2D eigenvalue weighted by atomic mass is 9.95. The Hall–Kier alpha value is -3.46. The number of hydrogen-bond donors (Lipinski definition) is 0. The summed E-state index contributed by atoms with van der Waals surface area (Å²) < 4.78 is 9.14. The maximum atomic E-state index is 13.5. The first kappa shape index (κ1) is 21.8. The molecule has 1 aromatic carbocycles. The first-order valence-corrected chi connectivity index (χ1v) is 11.1. The van der Waals surface area contributed by atoms with Gasteiger partial charge in [0.2, 0.25) is 0 Å². The number of carbonyl (C=O) groups excluding carboxylic acids is 1. The summed E-state index contributed by atoms with van der Waals surface area (Å²) >= 11 is 1.30. The highest BCUT2D eigenvalue weighted by Crippen LogP contribution is 2.31. The summed E-state index contributed by atoms with van der Waals surface area (Å²) in [6.45, 7) is 3.79. The maximum absolute atomic E-state index is 13.5. The van der Waals surface area contributed by atoms with E-state index in [-0.39, 0.29) is 12.2 Å². The molecule has 0 bridgehead atoms. The lowest BCUT2D eigenvalue weighted by Crippen LogP contribution is -2.39. The molecule has 166 valence electrons. The van der Waals surface area contributed by atoms with Crippen molar-refractivity contribution in [1.82, 2.24) is 14.3 Å². The van der Waals surface area contributed by atoms with Crippen molar-refractivity contribution in [2.75, 3.05) is 25.6 Å². The molecule has 1 aliphatic rings. The van der Waals surface area contributed by atoms with Crippen LogP contribution in [-0.4, -0.2) is 41.0 Å². The molecule has 0 radical (unpaired) electrons. The van der Waals surface area contributed by atoms with Crippen LogP contribution in [0.4, 0.5) is 5.69 Å². The van der Waals surface area contributed by atoms with Gasteiger partial charge in [-0.05, 0) is 37.6 Å². The van der Waals surface area contributed by atoms with Gasteiger partial charge in [0.05, 0.1) is 34.6 Å². The van der Waals surface area contributed by atoms with Crippen molar-refractivity contribution in [2.45, 2.75) is 19.9 Å². The molecule has 0 spiro atoms. The molecule has 0 unspecified atom stereocenters. The van der Waals surface area contributed by atoms with E-state index in [1.165, 1.54) is 11.3 Å². The normalized spacial score (nSPS) is 16.0. The summed E-state index contributed by atoms with van der Waals surface area (Å²) in [7, 11) is 5.75. The van der Waals surface area contributed by atoms with E-state index in [0.717, 1.165) is 16.8 Å². The summed E-state index contributed by atoms with van der Waals surface area (Å²) in [5.41, 5.74) is 3.40. The van der Waals surface area contributed by atoms with Crippen molar-refractivity contribution < 1.29 is 9.53 Å². The molecule has 3 aromatic rings. The minimum absolute atomic E-state index is 0.200. The first-order chi connectivity index (χ1) is 15.3. The monoisotopic (exact) mass is 451 g/mol. The SMILES string of the molecule is CCOC(=O)C1=C(C)N=c2s/c(=C\c3cnn(C)c3)c(=O)n2[C@H]1c1ccc(N(C)C)cc1. The zero-order chi connectivity index (χ0) is 23.0. The summed E-state index contributed by atoms with van der Waals surface area (Å²) in [5.74, 6) is -0.461. The molecule has 0 amide bonds. The maximum Gasteiger partial charge on any atom is 0.338 e. The molecule has 0 saturated carbocycles. The number of aryl methyl sites for hydroxylation is 1. The largest absolute Gasteiger partial charge is 0.463 e. The van der Waals surface area contributed by atoms with Gasteiger partial charge in [-0.3, -0.25) is 14.0 Å². The molecule has 32 heavy (non-hydrogen) atoms. The fourth-order valence-corrected chi connectivity index (χ4v) is 4.77. The van der Waals surface area contributed by atoms with E-state index in [2.05, 4.69) is 10.1 Å². The Bertz CT molecular complexity index is 1380. The van der Waals surface area contributed by atoms with Crippen molar-refractivity contribution in [2.24, 2.45) is 12.0 Å². The Morgan fingerprint density at radius 3 is 2.59 bits per heavy atom. The van der Waals surface area contributed by atoms with Gasteiger partial charge in [0.25, 0.3) is 5.56 Å². The van der Waals surface area contributed by atoms with E-state index in [4.69, 9.17) is 4.74 Å². The zero-order valence-electron chi connectivity index (χ0n) is 18.7. The van der Waals surface area contributed by atoms with E-state index in [0.29, 0.717) is 20.6 Å². The zero-order valence-corrected chi connectivity index (χ0v) is 19.5. The van der Waals surface area contributed by atoms with Crippen LogP contribution in [0, 0.1) is 0 Å². The smallest absolute Gasteiger partial charge is 0.338 e. The molecule has 0 N–H and O–H groups in total. The quantitative estimate of drug-likeness (QED) is 0.551. The number of fused-ring (bicyclic) bond motifs is 1. The first-order valence-electron chi connectivity index (χ1n) is 10.3. The molecule has 8 nitrogen and oxygen atoms in total. The van der Waals surface area contributed by atoms with Gasteiger partial charge in [0, 0.05) is 38.6 Å². The van der Waals surface area contributed by atoms with Gasteiger partial charge >= 0.3 is 5.97 Å². The van der Waals surface area contributed by atoms with E-state index in [1.807, 2.05) is 56.5 Å². The summed E-state index contributed by atoms with van der Waals surface area (Å²) in [4.78, 5) is 33.5. The molecule has 0 aliphatic carbocycles. The molecule has 1 aliphatic heterocycles. The van der Waals surface area contributed by atoms with Crippen LogP contribution in [0.15, 0.2) is 57.7 Å². The van der Waals surface area contributed by atoms with E-state index in [1.54, 1.807) is 35.4 Å². The average Bonchev–Trinajstić information content (AvgIpc) is 3.30. The topological polar surface area (TPSA) is 81.7 Å². The van der Waals surface area contributed by atoms with Crippen LogP contribution in [0.1, 0.15) is 31.0 Å². The molecule has 4 rings (SSSR count). The Morgan fingerprint density at radius 1 is 1.28 bits per heavy atom. The second-order valence-corrected chi connectivity index (χ2v) is 8.74. The van der Waals surface area contributed by atoms with Gasteiger partial charge in [0.1, 0.15) is 0 Å². The lowest BCUT2D eigenvalue weighted by molar-refractivity contribution is -0.139. The highest BCUT2D eigenvalue weighted by Gasteiger charge is 2.33. The van der Waals surface area contributed by atoms with E-state index >= 15 is 0 Å². The molecular formula is C23H25N5O3S. The summed E-state index contributed by atoms with van der Waals surface area (Å²) in [6, 6.07) is 7.21. The number of benzene rings is 1. The van der Waals surface area contributed by atoms with Gasteiger partial charge in [-0.2, -0.15) is 5.10 Å². The molecule has 3 heterocycles. The fraction of sp³-hybridized carbons (Fsp3) is 0.304. The summed E-state index contributed by atoms with van der Waals surface area (Å²) in [6.07, 6.45) is 5.34. The second-order valence-electron chi connectivity index (χ2n) is 7.74. The number of allylic oxidation sites excluding steroid dienone is 1. The van der Waals surface area contributed by atoms with Gasteiger partial charge in [-0.25, -0.2) is 9.79 Å². The van der Waals surface area contributed by atoms with Crippen molar-refractivity contribution in [3.05, 3.63) is 78.7 Å². The number of ether oxygens (including phenoxy) is 1. The van der Waals surface area contributed by atoms with Crippen molar-refractivity contribution in [3.63, 3.8) is 0 Å². The van der Waals surface area contributed by atoms with E-state index in [9.17, 15) is 9.59 Å². The number of thiazole rings is 1. The Labute approximate surface area is 189 Å². The third kappa shape index (κ3) is 3.91. The predicted octanol–water partition coefficient (Wildman–Crippen LogP) is 1.60. The third-order valence-corrected chi connectivity index (χ3v) is 6.25. The van der Waals surface area contributed by atoms with Gasteiger partial charge in [-0.1, -0.05) is 23.5 Å². The molecule has 2 aromatic heterocycles. The number of carbonyl (C=O) groups is 1. The third-order valence-electron chi connectivity index (χ3n) is 5.26. The van der Waals surface area contributed by atoms with Crippen LogP contribution < -0.4 is 19.8 Å². The molecule has 1 atom stereocenters. The fourth-order valence-electron chi connectivity index (χ4n) is 3.73. The summed E-state index contributed by atoms with van der Waals surface area (Å²) in [5, 5.41) is 4.16. The molecule has 9 heteroatoms. The predicted molar refractivity (Wildman–Crippen MR) is 124 cm³/mol. The van der Waals surface area contributed by atoms with Crippen LogP contribution in [0.25, 0.3) is 6.08 Å². The van der Waals surface area contributed by atoms with Crippen LogP contribution >= 0.6 is 11.3 Å². The van der Waals surface area contributed by atoms with Gasteiger partial charge in [-0.15, -0.1) is 0 Å². The average molecular weight is 452 g/mol. The minimum Gasteiger partial charge on any atom is -0.463 e. The Balaban J connectivity index is 1.93. The highest BCUT2D eigenvalue weighted by atomic mass is 32.1. The van der Waals surface area contributed by atoms with Crippen molar-refractivity contribution in [3.8, 4) is 0 Å². The number of esters is 1. The van der Waals surface area contributed by atoms with Crippen LogP contribution in [0.2, 0.25) is 0 Å². The number of rotatable bonds is 5. The molecular weight excluding hydrogens is 426 g/mol. The van der Waals surface area contributed by atoms with Crippen molar-refractivity contribution in [1.29, 1.82) is 0 Å². The second kappa shape index (κ2) is 8.58. The van der Waals surface area contributed by atoms with Crippen molar-refractivity contribution >= 4 is 29.1 Å². The molecule has 0 fully saturated rings. The van der Waals surface area contributed by atoms with Gasteiger partial charge < -0.3 is 9.64 Å². The molecule has 0 saturated heterocycles. The van der Waals surface area contributed by atoms with Crippen LogP contribution in [0.5, 0.6) is 0 Å².